The van der Waals surface area contributed by atoms with E-state index in [-0.39, 0.29) is 17.5 Å². The second kappa shape index (κ2) is 4.60. The summed E-state index contributed by atoms with van der Waals surface area (Å²) >= 11 is 0. The zero-order valence-corrected chi connectivity index (χ0v) is 9.26. The molecule has 0 aromatic rings. The molecule has 0 spiro atoms. The third-order valence-corrected chi connectivity index (χ3v) is 2.80. The molecule has 3 heteroatoms. The van der Waals surface area contributed by atoms with Gasteiger partial charge < -0.3 is 10.6 Å². The number of likely N-dealkylation sites (N-methyl/N-ethyl adjacent to an activating group) is 1. The molecule has 2 atom stereocenters. The maximum absolute atomic E-state index is 11.3. The van der Waals surface area contributed by atoms with E-state index in [1.807, 2.05) is 6.92 Å². The normalized spacial score (nSPS) is 28.5. The summed E-state index contributed by atoms with van der Waals surface area (Å²) in [6.45, 7) is 4.08. The van der Waals surface area contributed by atoms with Gasteiger partial charge in [-0.1, -0.05) is 12.2 Å². The van der Waals surface area contributed by atoms with Crippen LogP contribution in [0.5, 0.6) is 0 Å². The first-order chi connectivity index (χ1) is 6.57. The Morgan fingerprint density at radius 1 is 1.50 bits per heavy atom. The minimum Gasteiger partial charge on any atom is -0.358 e. The lowest BCUT2D eigenvalue weighted by Crippen LogP contribution is -2.52. The van der Waals surface area contributed by atoms with E-state index in [4.69, 9.17) is 0 Å². The van der Waals surface area contributed by atoms with Crippen molar-refractivity contribution in [1.29, 1.82) is 0 Å². The molecule has 0 radical (unpaired) electrons. The minimum atomic E-state index is -0.114. The number of carbonyl (C=O) groups excluding carboxylic acids is 1. The first-order valence-electron chi connectivity index (χ1n) is 5.22. The van der Waals surface area contributed by atoms with E-state index in [1.165, 1.54) is 0 Å². The van der Waals surface area contributed by atoms with E-state index in [1.54, 1.807) is 7.05 Å². The van der Waals surface area contributed by atoms with Gasteiger partial charge in [-0.25, -0.2) is 0 Å². The summed E-state index contributed by atoms with van der Waals surface area (Å²) in [5.74, 6) is 0.0563. The minimum absolute atomic E-state index is 0.0563. The molecule has 1 aliphatic carbocycles. The molecule has 0 bridgehead atoms. The molecule has 0 aromatic carbocycles. The van der Waals surface area contributed by atoms with Gasteiger partial charge in [0.15, 0.2) is 0 Å². The van der Waals surface area contributed by atoms with Gasteiger partial charge in [0, 0.05) is 12.6 Å². The van der Waals surface area contributed by atoms with Crippen LogP contribution in [0.4, 0.5) is 0 Å². The van der Waals surface area contributed by atoms with Gasteiger partial charge in [0.05, 0.1) is 6.04 Å². The average molecular weight is 196 g/mol. The second-order valence-electron chi connectivity index (χ2n) is 4.26. The van der Waals surface area contributed by atoms with Gasteiger partial charge in [0.25, 0.3) is 0 Å². The highest BCUT2D eigenvalue weighted by Gasteiger charge is 2.27. The molecule has 0 heterocycles. The van der Waals surface area contributed by atoms with Crippen molar-refractivity contribution >= 4 is 5.91 Å². The molecular weight excluding hydrogens is 176 g/mol. The molecule has 1 aliphatic rings. The van der Waals surface area contributed by atoms with Crippen molar-refractivity contribution < 1.29 is 4.79 Å². The molecule has 14 heavy (non-hydrogen) atoms. The van der Waals surface area contributed by atoms with Gasteiger partial charge in [-0.05, 0) is 33.1 Å². The van der Waals surface area contributed by atoms with E-state index in [2.05, 4.69) is 29.7 Å². The summed E-state index contributed by atoms with van der Waals surface area (Å²) in [5.41, 5.74) is 0.0840. The zero-order valence-electron chi connectivity index (χ0n) is 9.26. The quantitative estimate of drug-likeness (QED) is 0.666. The summed E-state index contributed by atoms with van der Waals surface area (Å²) in [6, 6.07) is -0.114. The number of amides is 1. The van der Waals surface area contributed by atoms with Crippen LogP contribution >= 0.6 is 0 Å². The summed E-state index contributed by atoms with van der Waals surface area (Å²) < 4.78 is 0. The van der Waals surface area contributed by atoms with Gasteiger partial charge in [-0.2, -0.15) is 0 Å². The zero-order chi connectivity index (χ0) is 10.6. The van der Waals surface area contributed by atoms with Crippen molar-refractivity contribution in [3.63, 3.8) is 0 Å². The Balaban J connectivity index is 2.49. The number of rotatable bonds is 3. The van der Waals surface area contributed by atoms with E-state index in [0.29, 0.717) is 0 Å². The van der Waals surface area contributed by atoms with E-state index in [9.17, 15) is 4.79 Å². The van der Waals surface area contributed by atoms with Crippen LogP contribution in [0.2, 0.25) is 0 Å². The molecule has 0 saturated carbocycles. The van der Waals surface area contributed by atoms with Crippen molar-refractivity contribution in [1.82, 2.24) is 10.6 Å². The van der Waals surface area contributed by atoms with Crippen molar-refractivity contribution in [2.24, 2.45) is 0 Å². The lowest BCUT2D eigenvalue weighted by molar-refractivity contribution is -0.122. The third kappa shape index (κ3) is 2.84. The van der Waals surface area contributed by atoms with Crippen molar-refractivity contribution in [3.8, 4) is 0 Å². The Bertz CT molecular complexity index is 237. The number of hydrogen-bond acceptors (Lipinski definition) is 2. The second-order valence-corrected chi connectivity index (χ2v) is 4.26. The highest BCUT2D eigenvalue weighted by atomic mass is 16.2. The standard InChI is InChI=1S/C11H20N2O/c1-9(10(14)12-3)13-11(2)7-5-4-6-8-11/h4-5,9,13H,6-8H2,1-3H3,(H,12,14). The molecule has 3 nitrogen and oxygen atoms in total. The Morgan fingerprint density at radius 2 is 2.21 bits per heavy atom. The molecule has 0 aliphatic heterocycles. The molecule has 80 valence electrons. The fourth-order valence-electron chi connectivity index (χ4n) is 1.90. The smallest absolute Gasteiger partial charge is 0.236 e. The molecule has 0 aromatic heterocycles. The van der Waals surface area contributed by atoms with Crippen LogP contribution in [0.25, 0.3) is 0 Å². The highest BCUT2D eigenvalue weighted by Crippen LogP contribution is 2.23. The van der Waals surface area contributed by atoms with Crippen molar-refractivity contribution in [2.75, 3.05) is 7.05 Å². The molecule has 2 unspecified atom stereocenters. The lowest BCUT2D eigenvalue weighted by atomic mass is 9.87. The molecular formula is C11H20N2O. The monoisotopic (exact) mass is 196 g/mol. The van der Waals surface area contributed by atoms with E-state index >= 15 is 0 Å². The number of carbonyl (C=O) groups is 1. The van der Waals surface area contributed by atoms with Crippen LogP contribution in [-0.2, 0) is 4.79 Å². The fourth-order valence-corrected chi connectivity index (χ4v) is 1.90. The van der Waals surface area contributed by atoms with Crippen molar-refractivity contribution in [3.05, 3.63) is 12.2 Å². The summed E-state index contributed by atoms with van der Waals surface area (Å²) in [6.07, 6.45) is 7.60. The maximum atomic E-state index is 11.3. The number of nitrogens with one attached hydrogen (secondary N) is 2. The molecule has 1 rings (SSSR count). The predicted molar refractivity (Wildman–Crippen MR) is 58.1 cm³/mol. The number of allylic oxidation sites excluding steroid dienone is 1. The SMILES string of the molecule is CNC(=O)C(C)NC1(C)CC=CCC1. The Hall–Kier alpha value is -0.830. The van der Waals surface area contributed by atoms with E-state index in [0.717, 1.165) is 19.3 Å². The molecule has 2 N–H and O–H groups in total. The Morgan fingerprint density at radius 3 is 2.71 bits per heavy atom. The van der Waals surface area contributed by atoms with Crippen LogP contribution < -0.4 is 10.6 Å². The Kier molecular flexibility index (Phi) is 3.69. The molecule has 0 fully saturated rings. The highest BCUT2D eigenvalue weighted by molar-refractivity contribution is 5.81. The number of hydrogen-bond donors (Lipinski definition) is 2. The first-order valence-corrected chi connectivity index (χ1v) is 5.22. The fraction of sp³-hybridized carbons (Fsp3) is 0.727. The Labute approximate surface area is 86.0 Å². The third-order valence-electron chi connectivity index (χ3n) is 2.80. The predicted octanol–water partition coefficient (Wildman–Crippen LogP) is 1.21. The van der Waals surface area contributed by atoms with Crippen LogP contribution in [0, 0.1) is 0 Å². The van der Waals surface area contributed by atoms with Gasteiger partial charge in [-0.3, -0.25) is 4.79 Å². The van der Waals surface area contributed by atoms with Gasteiger partial charge in [0.1, 0.15) is 0 Å². The summed E-state index contributed by atoms with van der Waals surface area (Å²) in [5, 5.41) is 6.03. The van der Waals surface area contributed by atoms with Crippen LogP contribution in [0.3, 0.4) is 0 Å². The van der Waals surface area contributed by atoms with Gasteiger partial charge in [0.2, 0.25) is 5.91 Å². The van der Waals surface area contributed by atoms with Gasteiger partial charge in [-0.15, -0.1) is 0 Å². The average Bonchev–Trinajstić information content (AvgIpc) is 2.17. The van der Waals surface area contributed by atoms with Crippen LogP contribution in [-0.4, -0.2) is 24.5 Å². The first kappa shape index (κ1) is 11.2. The largest absolute Gasteiger partial charge is 0.358 e. The molecule has 1 amide bonds. The summed E-state index contributed by atoms with van der Waals surface area (Å²) in [7, 11) is 1.67. The molecule has 0 saturated heterocycles. The topological polar surface area (TPSA) is 41.1 Å². The maximum Gasteiger partial charge on any atom is 0.236 e. The van der Waals surface area contributed by atoms with Crippen molar-refractivity contribution in [2.45, 2.75) is 44.7 Å². The van der Waals surface area contributed by atoms with Crippen LogP contribution in [0.1, 0.15) is 33.1 Å². The van der Waals surface area contributed by atoms with E-state index < -0.39 is 0 Å². The van der Waals surface area contributed by atoms with Gasteiger partial charge >= 0.3 is 0 Å². The summed E-state index contributed by atoms with van der Waals surface area (Å²) in [4.78, 5) is 11.3. The lowest BCUT2D eigenvalue weighted by Gasteiger charge is -2.34. The van der Waals surface area contributed by atoms with Crippen LogP contribution in [0.15, 0.2) is 12.2 Å².